The molecule has 1 N–H and O–H groups in total. The molecule has 0 bridgehead atoms. The number of nitro groups is 1. The summed E-state index contributed by atoms with van der Waals surface area (Å²) in [6.07, 6.45) is -1.11. The van der Waals surface area contributed by atoms with Gasteiger partial charge in [0.1, 0.15) is 5.88 Å². The lowest BCUT2D eigenvalue weighted by atomic mass is 10.3. The van der Waals surface area contributed by atoms with Crippen LogP contribution in [0.2, 0.25) is 0 Å². The molecule has 0 saturated carbocycles. The van der Waals surface area contributed by atoms with Gasteiger partial charge in [-0.2, -0.15) is 0 Å². The maximum Gasteiger partial charge on any atom is 0.270 e. The van der Waals surface area contributed by atoms with Crippen molar-refractivity contribution < 1.29 is 9.72 Å². The Kier molecular flexibility index (Phi) is 5.76. The molecule has 2 aromatic rings. The van der Waals surface area contributed by atoms with Gasteiger partial charge in [0.05, 0.1) is 15.1 Å². The van der Waals surface area contributed by atoms with Crippen LogP contribution in [0.3, 0.4) is 0 Å². The van der Waals surface area contributed by atoms with E-state index in [1.807, 2.05) is 0 Å². The summed E-state index contributed by atoms with van der Waals surface area (Å²) in [6.45, 7) is 0. The molecule has 12 heteroatoms. The van der Waals surface area contributed by atoms with Crippen molar-refractivity contribution in [3.63, 3.8) is 0 Å². The summed E-state index contributed by atoms with van der Waals surface area (Å²) in [6, 6.07) is 4.15. The molecule has 2 rings (SSSR count). The Hall–Kier alpha value is -0.640. The highest BCUT2D eigenvalue weighted by Gasteiger charge is 2.37. The molecule has 1 atom stereocenters. The van der Waals surface area contributed by atoms with E-state index in [2.05, 4.69) is 5.32 Å². The fourth-order valence-electron chi connectivity index (χ4n) is 1.87. The van der Waals surface area contributed by atoms with Gasteiger partial charge < -0.3 is 5.32 Å². The number of aromatic nitrogens is 1. The SMILES string of the molecule is O=C(CCl)N[C@H](n1c(=S)sc2cc([N+](=O)[O-])ccc21)C(Cl)(Cl)Cl. The van der Waals surface area contributed by atoms with E-state index in [0.29, 0.717) is 10.2 Å². The minimum atomic E-state index is -1.91. The minimum absolute atomic E-state index is 0.0869. The molecule has 0 radical (unpaired) electrons. The van der Waals surface area contributed by atoms with Crippen LogP contribution >= 0.6 is 70.0 Å². The van der Waals surface area contributed by atoms with Crippen molar-refractivity contribution in [3.8, 4) is 0 Å². The van der Waals surface area contributed by atoms with Gasteiger partial charge in [-0.3, -0.25) is 19.5 Å². The van der Waals surface area contributed by atoms with E-state index in [1.54, 1.807) is 0 Å². The smallest absolute Gasteiger partial charge is 0.270 e. The van der Waals surface area contributed by atoms with Crippen LogP contribution < -0.4 is 5.32 Å². The van der Waals surface area contributed by atoms with Gasteiger partial charge in [-0.1, -0.05) is 34.8 Å². The number of nitrogens with one attached hydrogen (secondary N) is 1. The van der Waals surface area contributed by atoms with Crippen LogP contribution in [0, 0.1) is 14.1 Å². The van der Waals surface area contributed by atoms with Crippen molar-refractivity contribution in [1.82, 2.24) is 9.88 Å². The van der Waals surface area contributed by atoms with Crippen molar-refractivity contribution in [2.45, 2.75) is 9.96 Å². The fourth-order valence-corrected chi connectivity index (χ4v) is 3.81. The Morgan fingerprint density at radius 1 is 1.48 bits per heavy atom. The number of alkyl halides is 4. The first-order valence-corrected chi connectivity index (χ1v) is 8.76. The molecule has 0 fully saturated rings. The predicted octanol–water partition coefficient (Wildman–Crippen LogP) is 4.56. The van der Waals surface area contributed by atoms with Gasteiger partial charge in [0.2, 0.25) is 9.70 Å². The second-order valence-electron chi connectivity index (χ2n) is 4.29. The van der Waals surface area contributed by atoms with Gasteiger partial charge >= 0.3 is 0 Å². The number of nitro benzene ring substituents is 1. The second kappa shape index (κ2) is 7.08. The van der Waals surface area contributed by atoms with Crippen LogP contribution in [0.15, 0.2) is 18.2 Å². The first-order valence-electron chi connectivity index (χ1n) is 5.86. The lowest BCUT2D eigenvalue weighted by molar-refractivity contribution is -0.384. The summed E-state index contributed by atoms with van der Waals surface area (Å²) in [5, 5.41) is 13.3. The molecule has 0 spiro atoms. The summed E-state index contributed by atoms with van der Waals surface area (Å²) in [5.41, 5.74) is 0.410. The van der Waals surface area contributed by atoms with Crippen molar-refractivity contribution in [1.29, 1.82) is 0 Å². The van der Waals surface area contributed by atoms with E-state index < -0.39 is 20.8 Å². The molecule has 0 aliphatic heterocycles. The molecule has 0 unspecified atom stereocenters. The van der Waals surface area contributed by atoms with Gasteiger partial charge in [0, 0.05) is 12.1 Å². The topological polar surface area (TPSA) is 77.2 Å². The number of nitrogens with zero attached hydrogens (tertiary/aromatic N) is 2. The van der Waals surface area contributed by atoms with Crippen LogP contribution in [-0.4, -0.2) is 25.1 Å². The normalized spacial score (nSPS) is 13.0. The number of carbonyl (C=O) groups is 1. The molecule has 1 aromatic heterocycles. The Balaban J connectivity index is 2.63. The maximum atomic E-state index is 11.6. The van der Waals surface area contributed by atoms with Crippen molar-refractivity contribution in [3.05, 3.63) is 32.3 Å². The van der Waals surface area contributed by atoms with Gasteiger partial charge in [0.25, 0.3) is 5.69 Å². The van der Waals surface area contributed by atoms with Gasteiger partial charge in [-0.15, -0.1) is 22.9 Å². The monoisotopic (exact) mass is 433 g/mol. The minimum Gasteiger partial charge on any atom is -0.331 e. The number of thiazole rings is 1. The largest absolute Gasteiger partial charge is 0.331 e. The first kappa shape index (κ1) is 18.7. The zero-order chi connectivity index (χ0) is 17.4. The zero-order valence-corrected chi connectivity index (χ0v) is 15.6. The fraction of sp³-hybridized carbons (Fsp3) is 0.273. The molecule has 1 heterocycles. The molecule has 23 heavy (non-hydrogen) atoms. The zero-order valence-electron chi connectivity index (χ0n) is 11.0. The Bertz CT molecular complexity index is 830. The first-order chi connectivity index (χ1) is 10.6. The molecular formula is C11H7Cl4N3O3S2. The molecule has 0 saturated heterocycles. The van der Waals surface area contributed by atoms with Crippen LogP contribution in [0.25, 0.3) is 10.2 Å². The van der Waals surface area contributed by atoms with E-state index in [1.165, 1.54) is 22.8 Å². The average Bonchev–Trinajstić information content (AvgIpc) is 2.77. The standard InChI is InChI=1S/C11H7Cl4N3O3S2/c12-4-8(19)16-9(11(13,14)15)17-6-2-1-5(18(20)21)3-7(6)23-10(17)22/h1-3,9H,4H2,(H,16,19)/t9-/m1/s1. The van der Waals surface area contributed by atoms with Gasteiger partial charge in [-0.25, -0.2) is 0 Å². The summed E-state index contributed by atoms with van der Waals surface area (Å²) in [5.74, 6) is -0.871. The number of rotatable bonds is 4. The molecule has 124 valence electrons. The number of fused-ring (bicyclic) bond motifs is 1. The molecule has 1 aromatic carbocycles. The van der Waals surface area contributed by atoms with Crippen LogP contribution in [0.4, 0.5) is 5.69 Å². The Labute approximate surface area is 159 Å². The third kappa shape index (κ3) is 4.07. The average molecular weight is 435 g/mol. The van der Waals surface area contributed by atoms with Gasteiger partial charge in [0.15, 0.2) is 10.1 Å². The number of halogens is 4. The van der Waals surface area contributed by atoms with Crippen LogP contribution in [0.5, 0.6) is 0 Å². The Morgan fingerprint density at radius 2 is 2.13 bits per heavy atom. The highest BCUT2D eigenvalue weighted by Crippen LogP contribution is 2.40. The van der Waals surface area contributed by atoms with Crippen molar-refractivity contribution in [2.24, 2.45) is 0 Å². The van der Waals surface area contributed by atoms with Crippen LogP contribution in [0.1, 0.15) is 6.17 Å². The summed E-state index contributed by atoms with van der Waals surface area (Å²) in [4.78, 5) is 21.9. The second-order valence-corrected chi connectivity index (χ2v) is 8.60. The van der Waals surface area contributed by atoms with E-state index in [-0.39, 0.29) is 15.5 Å². The molecule has 0 aliphatic rings. The molecule has 6 nitrogen and oxygen atoms in total. The lowest BCUT2D eigenvalue weighted by Crippen LogP contribution is -2.40. The Morgan fingerprint density at radius 3 is 2.65 bits per heavy atom. The quantitative estimate of drug-likeness (QED) is 0.331. The number of hydrogen-bond donors (Lipinski definition) is 1. The third-order valence-electron chi connectivity index (χ3n) is 2.80. The summed E-state index contributed by atoms with van der Waals surface area (Å²) >= 11 is 29.7. The van der Waals surface area contributed by atoms with E-state index >= 15 is 0 Å². The van der Waals surface area contributed by atoms with E-state index in [9.17, 15) is 14.9 Å². The number of non-ortho nitro benzene ring substituents is 1. The van der Waals surface area contributed by atoms with E-state index in [0.717, 1.165) is 11.3 Å². The number of amides is 1. The van der Waals surface area contributed by atoms with Crippen molar-refractivity contribution in [2.75, 3.05) is 5.88 Å². The molecule has 1 amide bonds. The highest BCUT2D eigenvalue weighted by atomic mass is 35.6. The number of benzene rings is 1. The van der Waals surface area contributed by atoms with E-state index in [4.69, 9.17) is 58.6 Å². The third-order valence-corrected chi connectivity index (χ3v) is 5.02. The summed E-state index contributed by atoms with van der Waals surface area (Å²) < 4.78 is 0.335. The number of carbonyl (C=O) groups excluding carboxylic acids is 1. The van der Waals surface area contributed by atoms with Gasteiger partial charge in [-0.05, 0) is 18.3 Å². The maximum absolute atomic E-state index is 11.6. The summed E-state index contributed by atoms with van der Waals surface area (Å²) in [7, 11) is 0. The predicted molar refractivity (Wildman–Crippen MR) is 95.5 cm³/mol. The highest BCUT2D eigenvalue weighted by molar-refractivity contribution is 7.73. The van der Waals surface area contributed by atoms with Crippen LogP contribution in [-0.2, 0) is 4.79 Å². The lowest BCUT2D eigenvalue weighted by Gasteiger charge is -2.27. The van der Waals surface area contributed by atoms with Crippen molar-refractivity contribution >= 4 is 91.8 Å². The molecular weight excluding hydrogens is 428 g/mol. The number of hydrogen-bond acceptors (Lipinski definition) is 5. The molecule has 0 aliphatic carbocycles.